The molecule has 1 aliphatic rings. The summed E-state index contributed by atoms with van der Waals surface area (Å²) in [5.41, 5.74) is 1.10. The smallest absolute Gasteiger partial charge is 0.234 e. The first-order valence-electron chi connectivity index (χ1n) is 10.4. The van der Waals surface area contributed by atoms with Crippen LogP contribution in [0.2, 0.25) is 5.02 Å². The zero-order valence-electron chi connectivity index (χ0n) is 17.2. The molecule has 0 aliphatic heterocycles. The minimum absolute atomic E-state index is 0.0690. The number of halogens is 2. The van der Waals surface area contributed by atoms with Crippen molar-refractivity contribution < 1.29 is 9.18 Å². The number of aromatic nitrogens is 3. The number of nitrogens with zero attached hydrogens (tertiary/aromatic N) is 4. The Kier molecular flexibility index (Phi) is 7.08. The summed E-state index contributed by atoms with van der Waals surface area (Å²) in [5, 5.41) is 21.6. The molecule has 0 spiro atoms. The van der Waals surface area contributed by atoms with Crippen molar-refractivity contribution in [2.45, 2.75) is 43.3 Å². The van der Waals surface area contributed by atoms with Gasteiger partial charge in [0.25, 0.3) is 0 Å². The van der Waals surface area contributed by atoms with E-state index in [1.54, 1.807) is 36.4 Å². The molecule has 1 saturated carbocycles. The van der Waals surface area contributed by atoms with Gasteiger partial charge in [-0.3, -0.25) is 9.36 Å². The van der Waals surface area contributed by atoms with Gasteiger partial charge in [-0.15, -0.1) is 10.2 Å². The van der Waals surface area contributed by atoms with Gasteiger partial charge in [0, 0.05) is 11.1 Å². The molecule has 32 heavy (non-hydrogen) atoms. The van der Waals surface area contributed by atoms with Crippen molar-refractivity contribution in [2.24, 2.45) is 0 Å². The number of hydrogen-bond acceptors (Lipinski definition) is 5. The van der Waals surface area contributed by atoms with E-state index in [0.717, 1.165) is 25.7 Å². The summed E-state index contributed by atoms with van der Waals surface area (Å²) in [6.07, 6.45) is 5.30. The first kappa shape index (κ1) is 22.3. The van der Waals surface area contributed by atoms with Crippen LogP contribution in [0.5, 0.6) is 0 Å². The number of amides is 1. The molecule has 164 valence electrons. The molecule has 2 aromatic carbocycles. The van der Waals surface area contributed by atoms with Crippen LogP contribution in [0, 0.1) is 17.1 Å². The monoisotopic (exact) mass is 469 g/mol. The van der Waals surface area contributed by atoms with Crippen molar-refractivity contribution in [3.05, 3.63) is 58.9 Å². The van der Waals surface area contributed by atoms with Gasteiger partial charge in [0.15, 0.2) is 11.0 Å². The highest BCUT2D eigenvalue weighted by Gasteiger charge is 2.25. The molecule has 3 aromatic rings. The zero-order chi connectivity index (χ0) is 22.5. The van der Waals surface area contributed by atoms with Gasteiger partial charge in [-0.1, -0.05) is 54.8 Å². The number of anilines is 1. The quantitative estimate of drug-likeness (QED) is 0.458. The fraction of sp³-hybridized carbons (Fsp3) is 0.304. The first-order chi connectivity index (χ1) is 15.6. The van der Waals surface area contributed by atoms with Crippen molar-refractivity contribution in [3.63, 3.8) is 0 Å². The molecule has 1 heterocycles. The van der Waals surface area contributed by atoms with E-state index < -0.39 is 0 Å². The average Bonchev–Trinajstić information content (AvgIpc) is 3.22. The third-order valence-corrected chi connectivity index (χ3v) is 6.61. The van der Waals surface area contributed by atoms with Gasteiger partial charge < -0.3 is 5.32 Å². The Labute approximate surface area is 194 Å². The average molecular weight is 470 g/mol. The second kappa shape index (κ2) is 10.2. The van der Waals surface area contributed by atoms with E-state index in [1.807, 2.05) is 10.6 Å². The maximum Gasteiger partial charge on any atom is 0.234 e. The van der Waals surface area contributed by atoms with Crippen LogP contribution in [0.15, 0.2) is 47.6 Å². The van der Waals surface area contributed by atoms with Crippen LogP contribution in [0.1, 0.15) is 43.7 Å². The van der Waals surface area contributed by atoms with Gasteiger partial charge in [0.2, 0.25) is 5.91 Å². The molecule has 0 radical (unpaired) electrons. The summed E-state index contributed by atoms with van der Waals surface area (Å²) in [4.78, 5) is 12.6. The third-order valence-electron chi connectivity index (χ3n) is 5.43. The lowest BCUT2D eigenvalue weighted by molar-refractivity contribution is -0.113. The van der Waals surface area contributed by atoms with Crippen molar-refractivity contribution in [2.75, 3.05) is 11.1 Å². The lowest BCUT2D eigenvalue weighted by Crippen LogP contribution is -2.18. The van der Waals surface area contributed by atoms with Gasteiger partial charge in [-0.25, -0.2) is 4.39 Å². The van der Waals surface area contributed by atoms with E-state index in [0.29, 0.717) is 32.8 Å². The van der Waals surface area contributed by atoms with Crippen LogP contribution in [-0.4, -0.2) is 26.4 Å². The van der Waals surface area contributed by atoms with E-state index in [4.69, 9.17) is 11.6 Å². The van der Waals surface area contributed by atoms with E-state index in [9.17, 15) is 14.4 Å². The highest BCUT2D eigenvalue weighted by molar-refractivity contribution is 7.99. The summed E-state index contributed by atoms with van der Waals surface area (Å²) in [6, 6.07) is 13.4. The number of carbonyl (C=O) groups excluding carboxylic acids is 1. The van der Waals surface area contributed by atoms with Crippen molar-refractivity contribution >= 4 is 35.0 Å². The first-order valence-corrected chi connectivity index (χ1v) is 11.8. The fourth-order valence-corrected chi connectivity index (χ4v) is 4.88. The summed E-state index contributed by atoms with van der Waals surface area (Å²) < 4.78 is 16.5. The Balaban J connectivity index is 1.56. The molecular formula is C23H21ClFN5OS. The SMILES string of the molecule is N#Cc1ccc(Cl)cc1NC(=O)CSc1nnc(-c2ccccc2F)n1C1CCCCC1. The molecular weight excluding hydrogens is 449 g/mol. The Morgan fingerprint density at radius 2 is 2.00 bits per heavy atom. The van der Waals surface area contributed by atoms with Crippen LogP contribution < -0.4 is 5.32 Å². The maximum atomic E-state index is 14.5. The molecule has 1 fully saturated rings. The van der Waals surface area contributed by atoms with Crippen molar-refractivity contribution in [1.29, 1.82) is 5.26 Å². The number of benzene rings is 2. The van der Waals surface area contributed by atoms with Gasteiger partial charge in [0.1, 0.15) is 11.9 Å². The molecule has 1 amide bonds. The van der Waals surface area contributed by atoms with E-state index in [2.05, 4.69) is 15.5 Å². The van der Waals surface area contributed by atoms with Gasteiger partial charge in [-0.2, -0.15) is 5.26 Å². The number of carbonyl (C=O) groups is 1. The second-order valence-corrected chi connectivity index (χ2v) is 8.97. The Morgan fingerprint density at radius 3 is 2.75 bits per heavy atom. The lowest BCUT2D eigenvalue weighted by atomic mass is 9.95. The normalized spacial score (nSPS) is 14.2. The fourth-order valence-electron chi connectivity index (χ4n) is 3.90. The molecule has 1 aromatic heterocycles. The van der Waals surface area contributed by atoms with Crippen LogP contribution in [0.25, 0.3) is 11.4 Å². The molecule has 1 aliphatic carbocycles. The van der Waals surface area contributed by atoms with Gasteiger partial charge >= 0.3 is 0 Å². The molecule has 0 bridgehead atoms. The molecule has 9 heteroatoms. The van der Waals surface area contributed by atoms with E-state index >= 15 is 0 Å². The highest BCUT2D eigenvalue weighted by atomic mass is 35.5. The molecule has 1 N–H and O–H groups in total. The molecule has 0 unspecified atom stereocenters. The maximum absolute atomic E-state index is 14.5. The predicted octanol–water partition coefficient (Wildman–Crippen LogP) is 5.85. The van der Waals surface area contributed by atoms with E-state index in [-0.39, 0.29) is 23.5 Å². The molecule has 6 nitrogen and oxygen atoms in total. The van der Waals surface area contributed by atoms with Crippen LogP contribution >= 0.6 is 23.4 Å². The summed E-state index contributed by atoms with van der Waals surface area (Å²) >= 11 is 7.24. The van der Waals surface area contributed by atoms with E-state index in [1.165, 1.54) is 24.2 Å². The Hall–Kier alpha value is -2.89. The zero-order valence-corrected chi connectivity index (χ0v) is 18.8. The van der Waals surface area contributed by atoms with Crippen molar-refractivity contribution in [3.8, 4) is 17.5 Å². The predicted molar refractivity (Wildman–Crippen MR) is 123 cm³/mol. The standard InChI is InChI=1S/C23H21ClFN5OS/c24-16-11-10-15(13-26)20(12-16)27-21(31)14-32-23-29-28-22(18-8-4-5-9-19(18)25)30(23)17-6-2-1-3-7-17/h4-5,8-12,17H,1-3,6-7,14H2,(H,27,31). The Morgan fingerprint density at radius 1 is 1.22 bits per heavy atom. The molecule has 0 saturated heterocycles. The summed E-state index contributed by atoms with van der Waals surface area (Å²) in [5.74, 6) is -0.0883. The minimum atomic E-state index is -0.351. The number of rotatable bonds is 6. The summed E-state index contributed by atoms with van der Waals surface area (Å²) in [6.45, 7) is 0. The van der Waals surface area contributed by atoms with Crippen LogP contribution in [-0.2, 0) is 4.79 Å². The van der Waals surface area contributed by atoms with Crippen LogP contribution in [0.3, 0.4) is 0 Å². The largest absolute Gasteiger partial charge is 0.324 e. The summed E-state index contributed by atoms with van der Waals surface area (Å²) in [7, 11) is 0. The minimum Gasteiger partial charge on any atom is -0.324 e. The molecule has 4 rings (SSSR count). The Bertz CT molecular complexity index is 1170. The van der Waals surface area contributed by atoms with Crippen molar-refractivity contribution in [1.82, 2.24) is 14.8 Å². The lowest BCUT2D eigenvalue weighted by Gasteiger charge is -2.25. The van der Waals surface area contributed by atoms with Gasteiger partial charge in [-0.05, 0) is 43.2 Å². The number of nitriles is 1. The number of thioether (sulfide) groups is 1. The van der Waals surface area contributed by atoms with Crippen LogP contribution in [0.4, 0.5) is 10.1 Å². The second-order valence-electron chi connectivity index (χ2n) is 7.59. The topological polar surface area (TPSA) is 83.6 Å². The van der Waals surface area contributed by atoms with Gasteiger partial charge in [0.05, 0.1) is 22.6 Å². The third kappa shape index (κ3) is 4.95. The highest BCUT2D eigenvalue weighted by Crippen LogP contribution is 2.36. The number of nitrogens with one attached hydrogen (secondary N) is 1. The molecule has 0 atom stereocenters. The number of hydrogen-bond donors (Lipinski definition) is 1.